The van der Waals surface area contributed by atoms with E-state index < -0.39 is 11.7 Å². The zero-order valence-electron chi connectivity index (χ0n) is 11.0. The van der Waals surface area contributed by atoms with E-state index in [1.165, 1.54) is 25.3 Å². The second-order valence-electron chi connectivity index (χ2n) is 5.87. The summed E-state index contributed by atoms with van der Waals surface area (Å²) in [6, 6.07) is 5.39. The Morgan fingerprint density at radius 2 is 1.95 bits per heavy atom. The van der Waals surface area contributed by atoms with Crippen molar-refractivity contribution in [3.05, 3.63) is 29.3 Å². The van der Waals surface area contributed by atoms with Crippen molar-refractivity contribution in [3.8, 4) is 6.07 Å². The molecule has 0 unspecified atom stereocenters. The topological polar surface area (TPSA) is 27.0 Å². The number of piperidine rings is 1. The summed E-state index contributed by atoms with van der Waals surface area (Å²) in [5.74, 6) is 0. The molecular formula is C15H15F3N2. The minimum Gasteiger partial charge on any atom is -0.370 e. The van der Waals surface area contributed by atoms with Gasteiger partial charge in [-0.3, -0.25) is 0 Å². The van der Waals surface area contributed by atoms with Crippen LogP contribution in [0.25, 0.3) is 0 Å². The van der Waals surface area contributed by atoms with E-state index in [9.17, 15) is 13.2 Å². The highest BCUT2D eigenvalue weighted by Crippen LogP contribution is 2.52. The Hall–Kier alpha value is -1.70. The third kappa shape index (κ3) is 2.35. The Bertz CT molecular complexity index is 567. The van der Waals surface area contributed by atoms with E-state index >= 15 is 0 Å². The molecule has 0 aromatic heterocycles. The Balaban J connectivity index is 1.91. The molecule has 1 saturated carbocycles. The number of halogens is 3. The van der Waals surface area contributed by atoms with E-state index in [4.69, 9.17) is 5.26 Å². The fraction of sp³-hybridized carbons (Fsp3) is 0.533. The van der Waals surface area contributed by atoms with Gasteiger partial charge >= 0.3 is 6.18 Å². The summed E-state index contributed by atoms with van der Waals surface area (Å²) in [5, 5.41) is 9.14. The highest BCUT2D eigenvalue weighted by atomic mass is 19.4. The van der Waals surface area contributed by atoms with Crippen molar-refractivity contribution in [2.45, 2.75) is 31.9 Å². The van der Waals surface area contributed by atoms with Gasteiger partial charge in [0.05, 0.1) is 16.8 Å². The van der Waals surface area contributed by atoms with Gasteiger partial charge in [-0.15, -0.1) is 0 Å². The Morgan fingerprint density at radius 3 is 2.55 bits per heavy atom. The van der Waals surface area contributed by atoms with Gasteiger partial charge in [0.1, 0.15) is 6.07 Å². The molecule has 0 amide bonds. The van der Waals surface area contributed by atoms with Crippen LogP contribution in [-0.4, -0.2) is 13.1 Å². The van der Waals surface area contributed by atoms with Crippen molar-refractivity contribution in [3.63, 3.8) is 0 Å². The molecule has 0 atom stereocenters. The van der Waals surface area contributed by atoms with E-state index in [1.807, 2.05) is 6.07 Å². The van der Waals surface area contributed by atoms with Crippen LogP contribution in [0, 0.1) is 16.7 Å². The van der Waals surface area contributed by atoms with Crippen LogP contribution in [0.4, 0.5) is 18.9 Å². The highest BCUT2D eigenvalue weighted by Gasteiger charge is 2.45. The Kier molecular flexibility index (Phi) is 2.93. The van der Waals surface area contributed by atoms with Gasteiger partial charge in [0.25, 0.3) is 0 Å². The van der Waals surface area contributed by atoms with Crippen LogP contribution in [0.2, 0.25) is 0 Å². The second kappa shape index (κ2) is 4.41. The van der Waals surface area contributed by atoms with Crippen LogP contribution in [0.1, 0.15) is 36.8 Å². The van der Waals surface area contributed by atoms with Crippen molar-refractivity contribution < 1.29 is 13.2 Å². The van der Waals surface area contributed by atoms with Crippen LogP contribution in [0.3, 0.4) is 0 Å². The van der Waals surface area contributed by atoms with Gasteiger partial charge in [0.15, 0.2) is 0 Å². The third-order valence-electron chi connectivity index (χ3n) is 4.40. The summed E-state index contributed by atoms with van der Waals surface area (Å²) in [4.78, 5) is 2.08. The second-order valence-corrected chi connectivity index (χ2v) is 5.87. The van der Waals surface area contributed by atoms with Crippen LogP contribution >= 0.6 is 0 Å². The molecule has 3 rings (SSSR count). The standard InChI is InChI=1S/C15H15F3N2/c16-15(17,18)12-2-3-13(11(8-12)9-19)20-7-1-4-14(10-20)5-6-14/h2-3,8H,1,4-7,10H2. The molecule has 5 heteroatoms. The molecule has 1 spiro atoms. The molecule has 2 aliphatic rings. The summed E-state index contributed by atoms with van der Waals surface area (Å²) in [6.07, 6.45) is 0.250. The molecule has 106 valence electrons. The lowest BCUT2D eigenvalue weighted by Crippen LogP contribution is -2.36. The number of anilines is 1. The van der Waals surface area contributed by atoms with Crippen molar-refractivity contribution in [1.29, 1.82) is 5.26 Å². The molecule has 0 radical (unpaired) electrons. The predicted octanol–water partition coefficient (Wildman–Crippen LogP) is 3.96. The molecule has 0 bridgehead atoms. The zero-order chi connectivity index (χ0) is 14.4. The fourth-order valence-corrected chi connectivity index (χ4v) is 3.08. The van der Waals surface area contributed by atoms with Crippen molar-refractivity contribution in [2.24, 2.45) is 5.41 Å². The van der Waals surface area contributed by atoms with Crippen molar-refractivity contribution >= 4 is 5.69 Å². The van der Waals surface area contributed by atoms with Gasteiger partial charge in [-0.25, -0.2) is 0 Å². The quantitative estimate of drug-likeness (QED) is 0.778. The molecule has 1 aliphatic carbocycles. The summed E-state index contributed by atoms with van der Waals surface area (Å²) >= 11 is 0. The maximum absolute atomic E-state index is 12.7. The SMILES string of the molecule is N#Cc1cc(C(F)(F)F)ccc1N1CCCC2(CC2)C1. The summed E-state index contributed by atoms with van der Waals surface area (Å²) in [5.41, 5.74) is 0.383. The first-order chi connectivity index (χ1) is 9.43. The van der Waals surface area contributed by atoms with Crippen LogP contribution in [0.5, 0.6) is 0 Å². The van der Waals surface area contributed by atoms with Crippen molar-refractivity contribution in [1.82, 2.24) is 0 Å². The monoisotopic (exact) mass is 280 g/mol. The molecular weight excluding hydrogens is 265 g/mol. The lowest BCUT2D eigenvalue weighted by molar-refractivity contribution is -0.137. The zero-order valence-corrected chi connectivity index (χ0v) is 11.0. The molecule has 0 N–H and O–H groups in total. The third-order valence-corrected chi connectivity index (χ3v) is 4.40. The van der Waals surface area contributed by atoms with E-state index in [0.29, 0.717) is 11.1 Å². The van der Waals surface area contributed by atoms with E-state index in [2.05, 4.69) is 4.90 Å². The number of alkyl halides is 3. The van der Waals surface area contributed by atoms with Gasteiger partial charge in [-0.2, -0.15) is 18.4 Å². The minimum absolute atomic E-state index is 0.123. The highest BCUT2D eigenvalue weighted by molar-refractivity contribution is 5.61. The number of benzene rings is 1. The van der Waals surface area contributed by atoms with Crippen molar-refractivity contribution in [2.75, 3.05) is 18.0 Å². The van der Waals surface area contributed by atoms with Gasteiger partial charge < -0.3 is 4.90 Å². The number of hydrogen-bond acceptors (Lipinski definition) is 2. The fourth-order valence-electron chi connectivity index (χ4n) is 3.08. The first-order valence-electron chi connectivity index (χ1n) is 6.80. The predicted molar refractivity (Wildman–Crippen MR) is 69.3 cm³/mol. The van der Waals surface area contributed by atoms with E-state index in [-0.39, 0.29) is 5.56 Å². The number of rotatable bonds is 1. The Morgan fingerprint density at radius 1 is 1.20 bits per heavy atom. The molecule has 1 aliphatic heterocycles. The van der Waals surface area contributed by atoms with Crippen LogP contribution in [0.15, 0.2) is 18.2 Å². The molecule has 1 aromatic carbocycles. The minimum atomic E-state index is -4.40. The lowest BCUT2D eigenvalue weighted by atomic mass is 9.94. The number of nitriles is 1. The average Bonchev–Trinajstić information content (AvgIpc) is 3.16. The molecule has 1 aromatic rings. The van der Waals surface area contributed by atoms with Gasteiger partial charge in [0.2, 0.25) is 0 Å². The summed E-state index contributed by atoms with van der Waals surface area (Å²) in [6.45, 7) is 1.69. The molecule has 2 fully saturated rings. The summed E-state index contributed by atoms with van der Waals surface area (Å²) in [7, 11) is 0. The van der Waals surface area contributed by atoms with Crippen LogP contribution < -0.4 is 4.90 Å². The number of hydrogen-bond donors (Lipinski definition) is 0. The molecule has 1 heterocycles. The van der Waals surface area contributed by atoms with E-state index in [0.717, 1.165) is 31.6 Å². The van der Waals surface area contributed by atoms with Gasteiger partial charge in [0, 0.05) is 13.1 Å². The largest absolute Gasteiger partial charge is 0.416 e. The lowest BCUT2D eigenvalue weighted by Gasteiger charge is -2.35. The first kappa shape index (κ1) is 13.3. The molecule has 1 saturated heterocycles. The van der Waals surface area contributed by atoms with Gasteiger partial charge in [-0.05, 0) is 49.3 Å². The Labute approximate surface area is 115 Å². The van der Waals surface area contributed by atoms with E-state index in [1.54, 1.807) is 0 Å². The average molecular weight is 280 g/mol. The van der Waals surface area contributed by atoms with Crippen LogP contribution in [-0.2, 0) is 6.18 Å². The first-order valence-corrected chi connectivity index (χ1v) is 6.80. The maximum Gasteiger partial charge on any atom is 0.416 e. The summed E-state index contributed by atoms with van der Waals surface area (Å²) < 4.78 is 38.1. The smallest absolute Gasteiger partial charge is 0.370 e. The van der Waals surface area contributed by atoms with Gasteiger partial charge in [-0.1, -0.05) is 0 Å². The maximum atomic E-state index is 12.7. The molecule has 2 nitrogen and oxygen atoms in total. The number of nitrogens with zero attached hydrogens (tertiary/aromatic N) is 2. The normalized spacial score (nSPS) is 20.8. The molecule has 20 heavy (non-hydrogen) atoms.